The van der Waals surface area contributed by atoms with Gasteiger partial charge in [-0.15, -0.1) is 8.42 Å². The van der Waals surface area contributed by atoms with Crippen LogP contribution in [0.25, 0.3) is 0 Å². The molecule has 0 fully saturated rings. The quantitative estimate of drug-likeness (QED) is 0.376. The summed E-state index contributed by atoms with van der Waals surface area (Å²) in [6.45, 7) is 2.60. The second kappa shape index (κ2) is 6.35. The van der Waals surface area contributed by atoms with E-state index in [9.17, 15) is 25.7 Å². The number of hydrogen-bond acceptors (Lipinski definition) is 2. The van der Waals surface area contributed by atoms with Crippen LogP contribution in [0, 0.1) is 0 Å². The molecule has 1 unspecified atom stereocenters. The van der Waals surface area contributed by atoms with Gasteiger partial charge in [0.15, 0.2) is 0 Å². The molecule has 1 heterocycles. The minimum absolute atomic E-state index is 0.309. The third-order valence-corrected chi connectivity index (χ3v) is 3.45. The van der Waals surface area contributed by atoms with Crippen molar-refractivity contribution in [2.24, 2.45) is 0 Å². The van der Waals surface area contributed by atoms with Crippen molar-refractivity contribution in [3.05, 3.63) is 24.4 Å². The van der Waals surface area contributed by atoms with Gasteiger partial charge in [-0.2, -0.15) is 3.89 Å². The largest absolute Gasteiger partial charge is 0.673 e. The molecule has 18 heavy (non-hydrogen) atoms. The Balaban J connectivity index is 0.000000494. The van der Waals surface area contributed by atoms with Crippen LogP contribution in [0.4, 0.5) is 17.3 Å². The monoisotopic (exact) mass is 291 g/mol. The maximum atomic E-state index is 11.1. The van der Waals surface area contributed by atoms with Crippen LogP contribution >= 0.6 is 0 Å². The lowest BCUT2D eigenvalue weighted by atomic mass is 10.3. The van der Waals surface area contributed by atoms with Gasteiger partial charge < -0.3 is 17.3 Å². The first-order valence-electron chi connectivity index (χ1n) is 5.08. The van der Waals surface area contributed by atoms with Crippen LogP contribution in [-0.2, 0) is 10.3 Å². The molecule has 0 aromatic rings. The minimum Gasteiger partial charge on any atom is -0.418 e. The van der Waals surface area contributed by atoms with Crippen LogP contribution in [0.5, 0.6) is 0 Å². The van der Waals surface area contributed by atoms with Crippen molar-refractivity contribution in [3.8, 4) is 0 Å². The second-order valence-corrected chi connectivity index (χ2v) is 5.19. The summed E-state index contributed by atoms with van der Waals surface area (Å²) in [5.41, 5.74) is 0. The fraction of sp³-hybridized carbons (Fsp3) is 0.500. The third kappa shape index (κ3) is 6.17. The van der Waals surface area contributed by atoms with Crippen molar-refractivity contribution in [2.75, 3.05) is 13.1 Å². The van der Waals surface area contributed by atoms with E-state index >= 15 is 0 Å². The number of halogens is 4. The summed E-state index contributed by atoms with van der Waals surface area (Å²) < 4.78 is 70.0. The Labute approximate surface area is 103 Å². The number of nitrogens with zero attached hydrogens (tertiary/aromatic N) is 1. The molecular formula is C8H14BF4NO3S. The van der Waals surface area contributed by atoms with Gasteiger partial charge in [-0.25, -0.2) is 4.55 Å². The van der Waals surface area contributed by atoms with Gasteiger partial charge >= 0.3 is 17.6 Å². The van der Waals surface area contributed by atoms with Crippen LogP contribution in [0.15, 0.2) is 24.4 Å². The zero-order valence-corrected chi connectivity index (χ0v) is 10.5. The standard InChI is InChI=1S/C8H13NO3S.BF4/c1-2-6-9(13(10,11)12)7-4-3-5-8-9;2-1(3,4)5/h3-5,7H,2,6,8H2,1H3;/q;-1/p+1. The van der Waals surface area contributed by atoms with E-state index in [-0.39, 0.29) is 3.89 Å². The van der Waals surface area contributed by atoms with Crippen LogP contribution in [0.1, 0.15) is 13.3 Å². The first kappa shape index (κ1) is 17.1. The maximum Gasteiger partial charge on any atom is 0.673 e. The van der Waals surface area contributed by atoms with E-state index in [0.717, 1.165) is 0 Å². The van der Waals surface area contributed by atoms with Gasteiger partial charge in [0.1, 0.15) is 12.7 Å². The summed E-state index contributed by atoms with van der Waals surface area (Å²) >= 11 is 0. The zero-order valence-electron chi connectivity index (χ0n) is 9.64. The predicted octanol–water partition coefficient (Wildman–Crippen LogP) is 2.40. The Bertz CT molecular complexity index is 415. The summed E-state index contributed by atoms with van der Waals surface area (Å²) in [4.78, 5) is 0. The molecule has 0 saturated carbocycles. The van der Waals surface area contributed by atoms with Crippen molar-refractivity contribution in [1.82, 2.24) is 0 Å². The average molecular weight is 291 g/mol. The Hall–Kier alpha value is -0.865. The van der Waals surface area contributed by atoms with Crippen molar-refractivity contribution in [3.63, 3.8) is 0 Å². The lowest BCUT2D eigenvalue weighted by Gasteiger charge is -2.29. The molecule has 0 spiro atoms. The Morgan fingerprint density at radius 1 is 1.28 bits per heavy atom. The first-order chi connectivity index (χ1) is 8.02. The van der Waals surface area contributed by atoms with Gasteiger partial charge in [-0.1, -0.05) is 13.0 Å². The summed E-state index contributed by atoms with van der Waals surface area (Å²) in [6.07, 6.45) is 7.38. The molecule has 0 aromatic carbocycles. The van der Waals surface area contributed by atoms with Gasteiger partial charge in [0.2, 0.25) is 0 Å². The summed E-state index contributed by atoms with van der Waals surface area (Å²) in [7, 11) is -10.1. The van der Waals surface area contributed by atoms with Crippen LogP contribution in [-0.4, -0.2) is 37.2 Å². The zero-order chi connectivity index (χ0) is 14.4. The molecule has 0 amide bonds. The molecule has 0 radical (unpaired) electrons. The minimum atomic E-state index is -6.00. The predicted molar refractivity (Wildman–Crippen MR) is 60.3 cm³/mol. The number of hydrogen-bond donors (Lipinski definition) is 1. The number of quaternary nitrogens is 1. The number of rotatable bonds is 3. The van der Waals surface area contributed by atoms with Gasteiger partial charge in [0.25, 0.3) is 0 Å². The molecule has 1 aliphatic rings. The molecule has 1 aliphatic heterocycles. The average Bonchev–Trinajstić information content (AvgIpc) is 2.15. The molecule has 0 saturated heterocycles. The third-order valence-electron chi connectivity index (χ3n) is 2.08. The Morgan fingerprint density at radius 2 is 1.78 bits per heavy atom. The molecule has 1 rings (SSSR count). The van der Waals surface area contributed by atoms with E-state index in [1.807, 2.05) is 6.92 Å². The number of allylic oxidation sites excluding steroid dienone is 2. The molecule has 10 heteroatoms. The molecule has 4 nitrogen and oxygen atoms in total. The topological polar surface area (TPSA) is 54.4 Å². The lowest BCUT2D eigenvalue weighted by molar-refractivity contribution is -0.750. The highest BCUT2D eigenvalue weighted by Crippen LogP contribution is 2.19. The fourth-order valence-corrected chi connectivity index (χ4v) is 2.33. The van der Waals surface area contributed by atoms with Crippen LogP contribution in [0.3, 0.4) is 0 Å². The van der Waals surface area contributed by atoms with Gasteiger partial charge in [0, 0.05) is 0 Å². The summed E-state index contributed by atoms with van der Waals surface area (Å²) in [6, 6.07) is 0. The van der Waals surface area contributed by atoms with Gasteiger partial charge in [0.05, 0.1) is 6.54 Å². The van der Waals surface area contributed by atoms with E-state index in [0.29, 0.717) is 19.5 Å². The van der Waals surface area contributed by atoms with Crippen LogP contribution in [0.2, 0.25) is 0 Å². The molecule has 0 bridgehead atoms. The second-order valence-electron chi connectivity index (χ2n) is 3.57. The van der Waals surface area contributed by atoms with E-state index in [1.165, 1.54) is 6.20 Å². The van der Waals surface area contributed by atoms with Crippen molar-refractivity contribution < 1.29 is 34.1 Å². The Kier molecular flexibility index (Phi) is 6.04. The molecule has 1 atom stereocenters. The highest BCUT2D eigenvalue weighted by atomic mass is 32.2. The van der Waals surface area contributed by atoms with E-state index in [2.05, 4.69) is 0 Å². The fourth-order valence-electron chi connectivity index (χ4n) is 1.42. The molecule has 106 valence electrons. The molecule has 1 N–H and O–H groups in total. The summed E-state index contributed by atoms with van der Waals surface area (Å²) in [5.74, 6) is 0. The SMILES string of the molecule is CCC[N+]1(S(=O)(=O)O)C=CC=CC1.F[B-](F)(F)F. The molecule has 0 aromatic heterocycles. The van der Waals surface area contributed by atoms with Crippen LogP contribution < -0.4 is 0 Å². The Morgan fingerprint density at radius 3 is 2.06 bits per heavy atom. The highest BCUT2D eigenvalue weighted by Gasteiger charge is 2.37. The lowest BCUT2D eigenvalue weighted by Crippen LogP contribution is -2.49. The van der Waals surface area contributed by atoms with E-state index in [4.69, 9.17) is 4.55 Å². The van der Waals surface area contributed by atoms with Gasteiger partial charge in [-0.05, 0) is 18.6 Å². The van der Waals surface area contributed by atoms with Crippen molar-refractivity contribution >= 4 is 17.6 Å². The van der Waals surface area contributed by atoms with E-state index < -0.39 is 17.6 Å². The first-order valence-corrected chi connectivity index (χ1v) is 6.47. The van der Waals surface area contributed by atoms with Crippen molar-refractivity contribution in [2.45, 2.75) is 13.3 Å². The summed E-state index contributed by atoms with van der Waals surface area (Å²) in [5, 5.41) is 0. The molecule has 0 aliphatic carbocycles. The smallest absolute Gasteiger partial charge is 0.418 e. The van der Waals surface area contributed by atoms with Gasteiger partial charge in [-0.3, -0.25) is 0 Å². The highest BCUT2D eigenvalue weighted by molar-refractivity contribution is 7.80. The molecular weight excluding hydrogens is 277 g/mol. The van der Waals surface area contributed by atoms with Crippen molar-refractivity contribution in [1.29, 1.82) is 0 Å². The van der Waals surface area contributed by atoms with E-state index in [1.54, 1.807) is 18.2 Å². The normalized spacial score (nSPS) is 23.4. The maximum absolute atomic E-state index is 11.1.